The Balaban J connectivity index is 1.38. The van der Waals surface area contributed by atoms with E-state index in [0.717, 1.165) is 34.4 Å². The second-order valence-corrected chi connectivity index (χ2v) is 11.4. The molecule has 0 aromatic heterocycles. The molecule has 4 aromatic carbocycles. The van der Waals surface area contributed by atoms with Crippen LogP contribution in [0, 0.1) is 0 Å². The topological polar surface area (TPSA) is 76.4 Å². The molecule has 230 valence electrons. The van der Waals surface area contributed by atoms with Crippen LogP contribution < -0.4 is 16.8 Å². The lowest BCUT2D eigenvalue weighted by Gasteiger charge is -2.27. The Labute approximate surface area is 273 Å². The third kappa shape index (κ3) is 7.79. The van der Waals surface area contributed by atoms with Crippen LogP contribution in [0.2, 0.25) is 0 Å². The molecular formula is C42H42N4. The fourth-order valence-corrected chi connectivity index (χ4v) is 5.92. The summed E-state index contributed by atoms with van der Waals surface area (Å²) in [4.78, 5) is 4.02. The van der Waals surface area contributed by atoms with Crippen molar-refractivity contribution in [2.24, 2.45) is 16.5 Å². The largest absolute Gasteiger partial charge is 0.401 e. The summed E-state index contributed by atoms with van der Waals surface area (Å²) < 4.78 is 0. The highest BCUT2D eigenvalue weighted by Crippen LogP contribution is 2.39. The lowest BCUT2D eigenvalue weighted by molar-refractivity contribution is 0.722. The zero-order valence-electron chi connectivity index (χ0n) is 26.4. The van der Waals surface area contributed by atoms with Crippen LogP contribution in [0.5, 0.6) is 0 Å². The number of nitrogens with two attached hydrogens (primary N) is 2. The van der Waals surface area contributed by atoms with Gasteiger partial charge < -0.3 is 16.8 Å². The van der Waals surface area contributed by atoms with Crippen molar-refractivity contribution in [3.8, 4) is 0 Å². The summed E-state index contributed by atoms with van der Waals surface area (Å²) in [6.07, 6.45) is 14.9. The summed E-state index contributed by atoms with van der Waals surface area (Å²) in [5, 5.41) is 3.58. The van der Waals surface area contributed by atoms with Crippen LogP contribution in [-0.2, 0) is 6.42 Å². The molecule has 2 unspecified atom stereocenters. The lowest BCUT2D eigenvalue weighted by atomic mass is 9.79. The predicted molar refractivity (Wildman–Crippen MR) is 194 cm³/mol. The number of hydrogen-bond acceptors (Lipinski definition) is 4. The van der Waals surface area contributed by atoms with Crippen LogP contribution in [0.1, 0.15) is 58.3 Å². The standard InChI is InChI=1S/C42H42N4/c1-4-14-32-23-24-37(27-30(2)45-3)40(41(32)44)38-22-12-11-20-35(38)28-31-15-13-21-36(29-31)39(43)25-26-46-42(33-16-7-5-8-17-33)34-18-9-6-10-19-34/h4-27,29,39-40,42,46H,2-3,28,43-44H2,1H3/b14-4-,26-25-,37-27-. The maximum Gasteiger partial charge on any atom is 0.0762 e. The fraction of sp³-hybridized carbons (Fsp3) is 0.119. The Bertz CT molecular complexity index is 1770. The molecule has 0 spiro atoms. The van der Waals surface area contributed by atoms with E-state index in [9.17, 15) is 0 Å². The van der Waals surface area contributed by atoms with E-state index in [1.165, 1.54) is 22.3 Å². The second-order valence-electron chi connectivity index (χ2n) is 11.4. The average Bonchev–Trinajstić information content (AvgIpc) is 3.09. The van der Waals surface area contributed by atoms with E-state index in [1.54, 1.807) is 0 Å². The van der Waals surface area contributed by atoms with Crippen molar-refractivity contribution in [3.63, 3.8) is 0 Å². The van der Waals surface area contributed by atoms with Crippen LogP contribution in [-0.4, -0.2) is 6.72 Å². The summed E-state index contributed by atoms with van der Waals surface area (Å²) in [5.74, 6) is -0.132. The molecule has 0 amide bonds. The van der Waals surface area contributed by atoms with Crippen LogP contribution in [0.3, 0.4) is 0 Å². The summed E-state index contributed by atoms with van der Waals surface area (Å²) in [7, 11) is 0. The van der Waals surface area contributed by atoms with Gasteiger partial charge in [-0.1, -0.05) is 140 Å². The third-order valence-electron chi connectivity index (χ3n) is 8.24. The Morgan fingerprint density at radius 1 is 0.870 bits per heavy atom. The van der Waals surface area contributed by atoms with Gasteiger partial charge in [-0.3, -0.25) is 4.99 Å². The summed E-state index contributed by atoms with van der Waals surface area (Å²) in [6, 6.07) is 37.6. The highest BCUT2D eigenvalue weighted by molar-refractivity contribution is 5.57. The maximum absolute atomic E-state index is 6.85. The van der Waals surface area contributed by atoms with E-state index < -0.39 is 0 Å². The van der Waals surface area contributed by atoms with Crippen LogP contribution in [0.25, 0.3) is 0 Å². The van der Waals surface area contributed by atoms with E-state index in [2.05, 4.69) is 127 Å². The van der Waals surface area contributed by atoms with Crippen molar-refractivity contribution in [1.82, 2.24) is 5.32 Å². The monoisotopic (exact) mass is 602 g/mol. The highest BCUT2D eigenvalue weighted by atomic mass is 14.9. The Kier molecular flexibility index (Phi) is 10.8. The first kappa shape index (κ1) is 32.0. The molecule has 4 nitrogen and oxygen atoms in total. The van der Waals surface area contributed by atoms with Gasteiger partial charge in [-0.25, -0.2) is 0 Å². The van der Waals surface area contributed by atoms with Crippen molar-refractivity contribution >= 4 is 6.72 Å². The van der Waals surface area contributed by atoms with Gasteiger partial charge in [0.2, 0.25) is 0 Å². The first-order valence-corrected chi connectivity index (χ1v) is 15.6. The average molecular weight is 603 g/mol. The minimum atomic E-state index is -0.271. The smallest absolute Gasteiger partial charge is 0.0762 e. The fourth-order valence-electron chi connectivity index (χ4n) is 5.92. The number of rotatable bonds is 12. The molecule has 1 aliphatic rings. The quantitative estimate of drug-likeness (QED) is 0.142. The van der Waals surface area contributed by atoms with Crippen LogP contribution in [0.15, 0.2) is 186 Å². The molecule has 5 N–H and O–H groups in total. The van der Waals surface area contributed by atoms with Crippen molar-refractivity contribution in [2.75, 3.05) is 0 Å². The molecule has 0 radical (unpaired) electrons. The molecule has 0 bridgehead atoms. The van der Waals surface area contributed by atoms with Crippen LogP contribution >= 0.6 is 0 Å². The number of aliphatic imine (C=N–C) groups is 1. The second kappa shape index (κ2) is 15.5. The summed E-state index contributed by atoms with van der Waals surface area (Å²) in [6.45, 7) is 9.67. The third-order valence-corrected chi connectivity index (χ3v) is 8.24. The Hall–Kier alpha value is -5.45. The molecule has 2 atom stereocenters. The van der Waals surface area contributed by atoms with Gasteiger partial charge in [-0.05, 0) is 82.9 Å². The molecule has 1 aliphatic carbocycles. The number of benzene rings is 4. The van der Waals surface area contributed by atoms with Gasteiger partial charge >= 0.3 is 0 Å². The lowest BCUT2D eigenvalue weighted by Crippen LogP contribution is -2.18. The molecule has 0 aliphatic heterocycles. The SMILES string of the molecule is C=NC(=C)/C=C1/C=CC(/C=C\C)=C(N)C1c1ccccc1Cc1cccc(C(N)/C=C\NC(c2ccccc2)c2ccccc2)c1. The molecule has 4 heteroatoms. The molecule has 0 heterocycles. The van der Waals surface area contributed by atoms with E-state index in [4.69, 9.17) is 11.5 Å². The summed E-state index contributed by atoms with van der Waals surface area (Å²) in [5.41, 5.74) is 24.0. The van der Waals surface area contributed by atoms with Gasteiger partial charge in [0.25, 0.3) is 0 Å². The number of nitrogens with zero attached hydrogens (tertiary/aromatic N) is 1. The van der Waals surface area contributed by atoms with Crippen molar-refractivity contribution in [1.29, 1.82) is 0 Å². The zero-order chi connectivity index (χ0) is 32.3. The predicted octanol–water partition coefficient (Wildman–Crippen LogP) is 8.75. The molecule has 0 fully saturated rings. The normalized spacial score (nSPS) is 16.4. The zero-order valence-corrected chi connectivity index (χ0v) is 26.4. The molecular weight excluding hydrogens is 560 g/mol. The molecule has 0 saturated carbocycles. The van der Waals surface area contributed by atoms with E-state index in [-0.39, 0.29) is 18.0 Å². The van der Waals surface area contributed by atoms with Crippen molar-refractivity contribution in [2.45, 2.75) is 31.3 Å². The Morgan fingerprint density at radius 3 is 2.20 bits per heavy atom. The van der Waals surface area contributed by atoms with E-state index in [1.807, 2.05) is 55.6 Å². The van der Waals surface area contributed by atoms with Crippen LogP contribution in [0.4, 0.5) is 0 Å². The van der Waals surface area contributed by atoms with Gasteiger partial charge in [0, 0.05) is 17.7 Å². The van der Waals surface area contributed by atoms with Gasteiger partial charge in [-0.15, -0.1) is 0 Å². The number of allylic oxidation sites excluding steroid dienone is 7. The minimum absolute atomic E-state index is 0.0245. The summed E-state index contributed by atoms with van der Waals surface area (Å²) >= 11 is 0. The van der Waals surface area contributed by atoms with Gasteiger partial charge in [0.15, 0.2) is 0 Å². The highest BCUT2D eigenvalue weighted by Gasteiger charge is 2.25. The number of hydrogen-bond donors (Lipinski definition) is 3. The van der Waals surface area contributed by atoms with Crippen molar-refractivity contribution < 1.29 is 0 Å². The maximum atomic E-state index is 6.85. The first-order chi connectivity index (χ1) is 22.5. The molecule has 0 saturated heterocycles. The van der Waals surface area contributed by atoms with Gasteiger partial charge in [0.05, 0.1) is 11.7 Å². The Morgan fingerprint density at radius 2 is 1.52 bits per heavy atom. The molecule has 5 rings (SSSR count). The van der Waals surface area contributed by atoms with Gasteiger partial charge in [0.1, 0.15) is 0 Å². The number of nitrogens with one attached hydrogen (secondary N) is 1. The van der Waals surface area contributed by atoms with E-state index in [0.29, 0.717) is 5.70 Å². The molecule has 4 aromatic rings. The minimum Gasteiger partial charge on any atom is -0.401 e. The van der Waals surface area contributed by atoms with E-state index >= 15 is 0 Å². The van der Waals surface area contributed by atoms with Gasteiger partial charge in [-0.2, -0.15) is 0 Å². The molecule has 46 heavy (non-hydrogen) atoms. The van der Waals surface area contributed by atoms with Crippen molar-refractivity contribution in [3.05, 3.63) is 214 Å². The first-order valence-electron chi connectivity index (χ1n) is 15.6.